The second kappa shape index (κ2) is 6.24. The third-order valence-corrected chi connectivity index (χ3v) is 4.72. The molecule has 2 atom stereocenters. The van der Waals surface area contributed by atoms with Gasteiger partial charge in [-0.15, -0.1) is 0 Å². The number of aromatic nitrogens is 3. The monoisotopic (exact) mass is 334 g/mol. The van der Waals surface area contributed by atoms with Crippen LogP contribution < -0.4 is 5.32 Å². The Morgan fingerprint density at radius 2 is 1.88 bits per heavy atom. The Bertz CT molecular complexity index is 911. The Morgan fingerprint density at radius 3 is 2.64 bits per heavy atom. The standard InChI is InChI=1S/C20H19FN4/c1-12-13(2)23-20(14-6-8-22-9-7-14)25-19(12)24-18-11-17(18)15-4-3-5-16(21)10-15/h3-10,17-18H,11H2,1-2H3,(H,23,24,25)/t17-,18+/m0/s1. The number of nitrogens with one attached hydrogen (secondary N) is 1. The summed E-state index contributed by atoms with van der Waals surface area (Å²) in [6, 6.07) is 10.9. The van der Waals surface area contributed by atoms with Gasteiger partial charge in [0.25, 0.3) is 0 Å². The molecule has 1 aliphatic carbocycles. The van der Waals surface area contributed by atoms with Crippen molar-refractivity contribution >= 4 is 5.82 Å². The largest absolute Gasteiger partial charge is 0.366 e. The quantitative estimate of drug-likeness (QED) is 0.774. The molecule has 0 aliphatic heterocycles. The van der Waals surface area contributed by atoms with E-state index in [0.29, 0.717) is 11.7 Å². The molecule has 126 valence electrons. The Balaban J connectivity index is 1.58. The predicted molar refractivity (Wildman–Crippen MR) is 95.9 cm³/mol. The Kier molecular flexibility index (Phi) is 3.92. The zero-order chi connectivity index (χ0) is 17.4. The van der Waals surface area contributed by atoms with Crippen molar-refractivity contribution in [1.29, 1.82) is 0 Å². The molecule has 4 nitrogen and oxygen atoms in total. The smallest absolute Gasteiger partial charge is 0.161 e. The van der Waals surface area contributed by atoms with E-state index in [1.54, 1.807) is 24.5 Å². The van der Waals surface area contributed by atoms with Crippen LogP contribution in [0.1, 0.15) is 29.2 Å². The highest BCUT2D eigenvalue weighted by atomic mass is 19.1. The maximum Gasteiger partial charge on any atom is 0.161 e. The van der Waals surface area contributed by atoms with Crippen LogP contribution >= 0.6 is 0 Å². The molecule has 0 amide bonds. The first-order chi connectivity index (χ1) is 12.1. The third kappa shape index (κ3) is 3.22. The highest BCUT2D eigenvalue weighted by Gasteiger charge is 2.39. The molecule has 3 aromatic rings. The van der Waals surface area contributed by atoms with E-state index in [4.69, 9.17) is 4.98 Å². The van der Waals surface area contributed by atoms with E-state index in [1.165, 1.54) is 6.07 Å². The van der Waals surface area contributed by atoms with E-state index >= 15 is 0 Å². The van der Waals surface area contributed by atoms with Gasteiger partial charge in [0.15, 0.2) is 5.82 Å². The Labute approximate surface area is 146 Å². The van der Waals surface area contributed by atoms with Crippen molar-refractivity contribution < 1.29 is 4.39 Å². The molecule has 0 unspecified atom stereocenters. The number of halogens is 1. The van der Waals surface area contributed by atoms with Crippen LogP contribution in [0.4, 0.5) is 10.2 Å². The van der Waals surface area contributed by atoms with Gasteiger partial charge in [0.1, 0.15) is 11.6 Å². The lowest BCUT2D eigenvalue weighted by molar-refractivity contribution is 0.625. The average Bonchev–Trinajstić information content (AvgIpc) is 3.39. The molecule has 0 spiro atoms. The topological polar surface area (TPSA) is 50.7 Å². The third-order valence-electron chi connectivity index (χ3n) is 4.72. The molecule has 25 heavy (non-hydrogen) atoms. The molecule has 1 aromatic carbocycles. The summed E-state index contributed by atoms with van der Waals surface area (Å²) in [5.41, 5.74) is 3.98. The molecule has 0 radical (unpaired) electrons. The Morgan fingerprint density at radius 1 is 1.08 bits per heavy atom. The van der Waals surface area contributed by atoms with Gasteiger partial charge in [0, 0.05) is 41.2 Å². The molecule has 1 saturated carbocycles. The van der Waals surface area contributed by atoms with Crippen molar-refractivity contribution in [2.75, 3.05) is 5.32 Å². The van der Waals surface area contributed by atoms with Gasteiger partial charge in [-0.05, 0) is 50.1 Å². The summed E-state index contributed by atoms with van der Waals surface area (Å²) in [5, 5.41) is 3.51. The molecular formula is C20H19FN4. The first-order valence-electron chi connectivity index (χ1n) is 8.39. The summed E-state index contributed by atoms with van der Waals surface area (Å²) in [5.74, 6) is 1.69. The number of benzene rings is 1. The summed E-state index contributed by atoms with van der Waals surface area (Å²) >= 11 is 0. The minimum absolute atomic E-state index is 0.183. The van der Waals surface area contributed by atoms with Crippen molar-refractivity contribution in [2.45, 2.75) is 32.2 Å². The number of anilines is 1. The number of hydrogen-bond acceptors (Lipinski definition) is 4. The van der Waals surface area contributed by atoms with Crippen LogP contribution in [-0.2, 0) is 0 Å². The van der Waals surface area contributed by atoms with Crippen molar-refractivity contribution in [3.05, 3.63) is 71.4 Å². The second-order valence-corrected chi connectivity index (χ2v) is 6.49. The molecule has 1 N–H and O–H groups in total. The van der Waals surface area contributed by atoms with E-state index in [9.17, 15) is 4.39 Å². The maximum atomic E-state index is 13.4. The first kappa shape index (κ1) is 15.7. The summed E-state index contributed by atoms with van der Waals surface area (Å²) in [6.07, 6.45) is 4.46. The molecular weight excluding hydrogens is 315 g/mol. The van der Waals surface area contributed by atoms with Gasteiger partial charge in [-0.3, -0.25) is 4.98 Å². The number of rotatable bonds is 4. The van der Waals surface area contributed by atoms with Crippen LogP contribution in [0.5, 0.6) is 0 Å². The molecule has 0 saturated heterocycles. The number of nitrogens with zero attached hydrogens (tertiary/aromatic N) is 3. The Hall–Kier alpha value is -2.82. The number of aryl methyl sites for hydroxylation is 1. The fraction of sp³-hybridized carbons (Fsp3) is 0.250. The van der Waals surface area contributed by atoms with E-state index in [1.807, 2.05) is 32.0 Å². The van der Waals surface area contributed by atoms with Crippen LogP contribution in [0.25, 0.3) is 11.4 Å². The van der Waals surface area contributed by atoms with E-state index < -0.39 is 0 Å². The van der Waals surface area contributed by atoms with Gasteiger partial charge >= 0.3 is 0 Å². The van der Waals surface area contributed by atoms with Crippen LogP contribution in [0.2, 0.25) is 0 Å². The van der Waals surface area contributed by atoms with E-state index in [2.05, 4.69) is 15.3 Å². The lowest BCUT2D eigenvalue weighted by Crippen LogP contribution is -2.10. The van der Waals surface area contributed by atoms with Crippen molar-refractivity contribution in [3.8, 4) is 11.4 Å². The average molecular weight is 334 g/mol. The van der Waals surface area contributed by atoms with Gasteiger partial charge < -0.3 is 5.32 Å². The zero-order valence-corrected chi connectivity index (χ0v) is 14.2. The van der Waals surface area contributed by atoms with Crippen LogP contribution in [-0.4, -0.2) is 21.0 Å². The van der Waals surface area contributed by atoms with E-state index in [-0.39, 0.29) is 11.9 Å². The summed E-state index contributed by atoms with van der Waals surface area (Å²) < 4.78 is 13.4. The molecule has 2 aromatic heterocycles. The molecule has 1 aliphatic rings. The lowest BCUT2D eigenvalue weighted by atomic mass is 10.1. The van der Waals surface area contributed by atoms with Gasteiger partial charge in [0.2, 0.25) is 0 Å². The minimum atomic E-state index is -0.183. The number of pyridine rings is 1. The van der Waals surface area contributed by atoms with Gasteiger partial charge in [-0.25, -0.2) is 14.4 Å². The van der Waals surface area contributed by atoms with Crippen molar-refractivity contribution in [3.63, 3.8) is 0 Å². The lowest BCUT2D eigenvalue weighted by Gasteiger charge is -2.12. The van der Waals surface area contributed by atoms with Crippen molar-refractivity contribution in [1.82, 2.24) is 15.0 Å². The maximum absolute atomic E-state index is 13.4. The highest BCUT2D eigenvalue weighted by Crippen LogP contribution is 2.43. The second-order valence-electron chi connectivity index (χ2n) is 6.49. The van der Waals surface area contributed by atoms with Gasteiger partial charge in [0.05, 0.1) is 0 Å². The minimum Gasteiger partial charge on any atom is -0.366 e. The molecule has 5 heteroatoms. The highest BCUT2D eigenvalue weighted by molar-refractivity contribution is 5.59. The van der Waals surface area contributed by atoms with Gasteiger partial charge in [-0.2, -0.15) is 0 Å². The van der Waals surface area contributed by atoms with Crippen LogP contribution in [0.3, 0.4) is 0 Å². The van der Waals surface area contributed by atoms with E-state index in [0.717, 1.165) is 34.6 Å². The normalized spacial score (nSPS) is 18.8. The summed E-state index contributed by atoms with van der Waals surface area (Å²) in [6.45, 7) is 4.01. The summed E-state index contributed by atoms with van der Waals surface area (Å²) in [4.78, 5) is 13.3. The van der Waals surface area contributed by atoms with Crippen molar-refractivity contribution in [2.24, 2.45) is 0 Å². The summed E-state index contributed by atoms with van der Waals surface area (Å²) in [7, 11) is 0. The van der Waals surface area contributed by atoms with Crippen LogP contribution in [0, 0.1) is 19.7 Å². The molecule has 2 heterocycles. The predicted octanol–water partition coefficient (Wildman–Crippen LogP) is 4.26. The number of hydrogen-bond donors (Lipinski definition) is 1. The SMILES string of the molecule is Cc1nc(-c2ccncc2)nc(N[C@@H]2C[C@H]2c2cccc(F)c2)c1C. The fourth-order valence-electron chi connectivity index (χ4n) is 3.04. The first-order valence-corrected chi connectivity index (χ1v) is 8.39. The molecule has 0 bridgehead atoms. The van der Waals surface area contributed by atoms with Crippen LogP contribution in [0.15, 0.2) is 48.8 Å². The molecule has 4 rings (SSSR count). The molecule has 1 fully saturated rings. The van der Waals surface area contributed by atoms with Gasteiger partial charge in [-0.1, -0.05) is 12.1 Å². The zero-order valence-electron chi connectivity index (χ0n) is 14.2. The fourth-order valence-corrected chi connectivity index (χ4v) is 3.04.